The molecule has 0 aromatic heterocycles. The Bertz CT molecular complexity index is 1250. The average Bonchev–Trinajstić information content (AvgIpc) is 3.73. The molecule has 6 heteroatoms. The van der Waals surface area contributed by atoms with Crippen LogP contribution in [0.2, 0.25) is 0 Å². The van der Waals surface area contributed by atoms with Crippen molar-refractivity contribution < 1.29 is 18.3 Å². The molecule has 162 valence electrons. The molecule has 3 fully saturated rings. The molecular weight excluding hydrogens is 422 g/mol. The zero-order valence-electron chi connectivity index (χ0n) is 17.6. The fraction of sp³-hybridized carbons (Fsp3) is 0.222. The van der Waals surface area contributed by atoms with Crippen LogP contribution in [0.1, 0.15) is 36.8 Å². The van der Waals surface area contributed by atoms with E-state index in [0.29, 0.717) is 27.8 Å². The fourth-order valence-corrected chi connectivity index (χ4v) is 4.43. The minimum Gasteiger partial charge on any atom is -0.420 e. The molecule has 0 amide bonds. The van der Waals surface area contributed by atoms with E-state index in [1.54, 1.807) is 24.3 Å². The van der Waals surface area contributed by atoms with Gasteiger partial charge in [-0.15, -0.1) is 0 Å². The predicted molar refractivity (Wildman–Crippen MR) is 116 cm³/mol. The van der Waals surface area contributed by atoms with Gasteiger partial charge < -0.3 is 4.74 Å². The molecule has 0 bridgehead atoms. The number of nitrogens with zero attached hydrogens (tertiary/aromatic N) is 2. The van der Waals surface area contributed by atoms with E-state index < -0.39 is 17.6 Å². The van der Waals surface area contributed by atoms with E-state index >= 15 is 0 Å². The Labute approximate surface area is 189 Å². The van der Waals surface area contributed by atoms with Crippen LogP contribution in [0.5, 0.6) is 0 Å². The van der Waals surface area contributed by atoms with Crippen molar-refractivity contribution in [1.82, 2.24) is 0 Å². The summed E-state index contributed by atoms with van der Waals surface area (Å²) in [4.78, 5) is 13.2. The van der Waals surface area contributed by atoms with Crippen molar-refractivity contribution in [3.63, 3.8) is 0 Å². The molecule has 2 aliphatic carbocycles. The maximum atomic E-state index is 13.7. The first-order valence-corrected chi connectivity index (χ1v) is 10.8. The van der Waals surface area contributed by atoms with Crippen LogP contribution in [0.15, 0.2) is 76.6 Å². The van der Waals surface area contributed by atoms with E-state index in [1.165, 1.54) is 24.3 Å². The number of allylic oxidation sites excluding steroid dienone is 3. The van der Waals surface area contributed by atoms with Crippen LogP contribution in [-0.2, 0) is 9.53 Å². The number of benzene rings is 2. The van der Waals surface area contributed by atoms with Crippen molar-refractivity contribution in [2.24, 2.45) is 11.8 Å². The highest BCUT2D eigenvalue weighted by Gasteiger charge is 2.46. The lowest BCUT2D eigenvalue weighted by atomic mass is 9.85. The Hall–Kier alpha value is -4.03. The minimum atomic E-state index is -0.585. The summed E-state index contributed by atoms with van der Waals surface area (Å²) >= 11 is 0. The van der Waals surface area contributed by atoms with Crippen molar-refractivity contribution in [1.29, 1.82) is 10.5 Å². The van der Waals surface area contributed by atoms with Crippen LogP contribution >= 0.6 is 0 Å². The summed E-state index contributed by atoms with van der Waals surface area (Å²) in [5.74, 6) is -1.01. The van der Waals surface area contributed by atoms with Gasteiger partial charge in [-0.2, -0.15) is 10.5 Å². The highest BCUT2D eigenvalue weighted by Crippen LogP contribution is 2.54. The average molecular weight is 440 g/mol. The molecule has 0 spiro atoms. The van der Waals surface area contributed by atoms with Crippen LogP contribution in [0.3, 0.4) is 0 Å². The number of carbonyl (C=O) groups is 1. The van der Waals surface area contributed by atoms with Crippen LogP contribution in [-0.4, -0.2) is 5.97 Å². The van der Waals surface area contributed by atoms with Gasteiger partial charge in [-0.05, 0) is 78.5 Å². The van der Waals surface area contributed by atoms with E-state index in [-0.39, 0.29) is 23.2 Å². The van der Waals surface area contributed by atoms with Crippen LogP contribution in [0.4, 0.5) is 8.78 Å². The van der Waals surface area contributed by atoms with Crippen LogP contribution in [0.25, 0.3) is 5.57 Å². The summed E-state index contributed by atoms with van der Waals surface area (Å²) in [6.45, 7) is 0. The largest absolute Gasteiger partial charge is 0.420 e. The van der Waals surface area contributed by atoms with Gasteiger partial charge in [0.25, 0.3) is 0 Å². The Morgan fingerprint density at radius 3 is 1.64 bits per heavy atom. The molecule has 1 aliphatic heterocycles. The number of rotatable bonds is 4. The van der Waals surface area contributed by atoms with E-state index in [2.05, 4.69) is 0 Å². The third-order valence-corrected chi connectivity index (χ3v) is 6.17. The summed E-state index contributed by atoms with van der Waals surface area (Å²) in [5, 5.41) is 19.2. The van der Waals surface area contributed by atoms with Crippen molar-refractivity contribution in [2.45, 2.75) is 25.7 Å². The second-order valence-electron chi connectivity index (χ2n) is 8.46. The quantitative estimate of drug-likeness (QED) is 0.345. The first-order valence-electron chi connectivity index (χ1n) is 10.8. The number of esters is 1. The highest BCUT2D eigenvalue weighted by molar-refractivity contribution is 6.07. The topological polar surface area (TPSA) is 73.9 Å². The number of carbonyl (C=O) groups excluding carboxylic acids is 1. The molecule has 4 nitrogen and oxygen atoms in total. The van der Waals surface area contributed by atoms with Crippen molar-refractivity contribution >= 4 is 11.5 Å². The molecule has 2 saturated carbocycles. The monoisotopic (exact) mass is 440 g/mol. The van der Waals surface area contributed by atoms with Gasteiger partial charge in [-0.25, -0.2) is 13.6 Å². The number of hydrogen-bond acceptors (Lipinski definition) is 4. The fourth-order valence-electron chi connectivity index (χ4n) is 4.43. The third kappa shape index (κ3) is 3.85. The number of hydrogen-bond donors (Lipinski definition) is 0. The molecule has 3 aliphatic rings. The Balaban J connectivity index is 1.91. The van der Waals surface area contributed by atoms with Gasteiger partial charge in [0, 0.05) is 11.1 Å². The molecule has 33 heavy (non-hydrogen) atoms. The molecule has 1 saturated heterocycles. The third-order valence-electron chi connectivity index (χ3n) is 6.17. The number of ether oxygens (including phenoxy) is 1. The number of halogens is 2. The number of nitriles is 2. The van der Waals surface area contributed by atoms with Gasteiger partial charge in [0.05, 0.1) is 5.57 Å². The second-order valence-corrected chi connectivity index (χ2v) is 8.46. The zero-order chi connectivity index (χ0) is 23.1. The summed E-state index contributed by atoms with van der Waals surface area (Å²) in [5.41, 5.74) is 3.06. The Kier molecular flexibility index (Phi) is 5.15. The zero-order valence-corrected chi connectivity index (χ0v) is 17.6. The van der Waals surface area contributed by atoms with Crippen LogP contribution < -0.4 is 0 Å². The number of cyclic esters (lactones) is 1. The van der Waals surface area contributed by atoms with Gasteiger partial charge >= 0.3 is 5.97 Å². The van der Waals surface area contributed by atoms with Gasteiger partial charge in [-0.3, -0.25) is 0 Å². The smallest absolute Gasteiger partial charge is 0.344 e. The first kappa shape index (κ1) is 20.8. The molecule has 1 heterocycles. The molecule has 0 unspecified atom stereocenters. The molecular formula is C27H18F2N2O2. The molecule has 2 aromatic rings. The van der Waals surface area contributed by atoms with Gasteiger partial charge in [0.15, 0.2) is 11.3 Å². The van der Waals surface area contributed by atoms with E-state index in [9.17, 15) is 24.1 Å². The lowest BCUT2D eigenvalue weighted by Crippen LogP contribution is -2.06. The van der Waals surface area contributed by atoms with E-state index in [0.717, 1.165) is 31.3 Å². The predicted octanol–water partition coefficient (Wildman–Crippen LogP) is 5.74. The molecule has 0 atom stereocenters. The minimum absolute atomic E-state index is 0.0950. The van der Waals surface area contributed by atoms with E-state index in [4.69, 9.17) is 4.74 Å². The molecule has 5 rings (SSSR count). The van der Waals surface area contributed by atoms with Crippen LogP contribution in [0, 0.1) is 46.1 Å². The van der Waals surface area contributed by atoms with Crippen molar-refractivity contribution in [2.75, 3.05) is 0 Å². The SMILES string of the molecule is N#CC(C#N)=C1OC(=O)C(=C(C2CC2)C2CC2)C1=C(c1ccc(F)cc1)c1ccc(F)cc1. The van der Waals surface area contributed by atoms with Gasteiger partial charge in [0.1, 0.15) is 23.8 Å². The summed E-state index contributed by atoms with van der Waals surface area (Å²) < 4.78 is 33.1. The molecule has 2 aromatic carbocycles. The summed E-state index contributed by atoms with van der Waals surface area (Å²) in [6, 6.07) is 15.1. The second kappa shape index (κ2) is 8.15. The molecule has 0 radical (unpaired) electrons. The summed E-state index contributed by atoms with van der Waals surface area (Å²) in [6.07, 6.45) is 3.89. The maximum Gasteiger partial charge on any atom is 0.344 e. The summed E-state index contributed by atoms with van der Waals surface area (Å²) in [7, 11) is 0. The van der Waals surface area contributed by atoms with Crippen molar-refractivity contribution in [3.8, 4) is 12.1 Å². The van der Waals surface area contributed by atoms with Gasteiger partial charge in [-0.1, -0.05) is 24.3 Å². The first-order chi connectivity index (χ1) is 16.0. The van der Waals surface area contributed by atoms with Crippen molar-refractivity contribution in [3.05, 3.63) is 99.3 Å². The lowest BCUT2D eigenvalue weighted by Gasteiger charge is -2.15. The maximum absolute atomic E-state index is 13.7. The van der Waals surface area contributed by atoms with Gasteiger partial charge in [0.2, 0.25) is 0 Å². The highest BCUT2D eigenvalue weighted by atomic mass is 19.1. The normalized spacial score (nSPS) is 17.3. The molecule has 0 N–H and O–H groups in total. The standard InChI is InChI=1S/C27H18F2N2O2/c28-20-9-5-17(6-10-20)22(18-7-11-21(29)12-8-18)24-25(23(15-1-2-15)16-3-4-16)27(32)33-26(24)19(13-30)14-31/h5-12,15-16H,1-4H2. The lowest BCUT2D eigenvalue weighted by molar-refractivity contribution is -0.132. The Morgan fingerprint density at radius 2 is 1.24 bits per heavy atom. The Morgan fingerprint density at radius 1 is 0.788 bits per heavy atom. The van der Waals surface area contributed by atoms with E-state index in [1.807, 2.05) is 12.1 Å².